The van der Waals surface area contributed by atoms with Crippen LogP contribution in [0.25, 0.3) is 0 Å². The molecule has 0 spiro atoms. The molecule has 0 aliphatic rings. The van der Waals surface area contributed by atoms with Gasteiger partial charge in [0.15, 0.2) is 5.96 Å². The molecule has 2 N–H and O–H groups in total. The second kappa shape index (κ2) is 10.9. The molecule has 0 saturated carbocycles. The van der Waals surface area contributed by atoms with Crippen LogP contribution in [0.4, 0.5) is 0 Å². The van der Waals surface area contributed by atoms with Gasteiger partial charge in [-0.3, -0.25) is 4.99 Å². The van der Waals surface area contributed by atoms with E-state index >= 15 is 0 Å². The molecule has 0 aliphatic heterocycles. The van der Waals surface area contributed by atoms with E-state index in [0.29, 0.717) is 11.2 Å². The Hall–Kier alpha value is 0.350. The molecule has 0 rings (SSSR count). The molecule has 0 aromatic heterocycles. The summed E-state index contributed by atoms with van der Waals surface area (Å²) < 4.78 is 0. The highest BCUT2D eigenvalue weighted by Gasteiger charge is 2.02. The van der Waals surface area contributed by atoms with Gasteiger partial charge < -0.3 is 10.6 Å². The van der Waals surface area contributed by atoms with E-state index < -0.39 is 0 Å². The Bertz CT molecular complexity index is 174. The Morgan fingerprint density at radius 3 is 2.13 bits per heavy atom. The highest BCUT2D eigenvalue weighted by Crippen LogP contribution is 2.02. The molecule has 0 aliphatic carbocycles. The smallest absolute Gasteiger partial charge is 0.191 e. The molecule has 0 aromatic carbocycles. The van der Waals surface area contributed by atoms with E-state index in [1.165, 1.54) is 0 Å². The summed E-state index contributed by atoms with van der Waals surface area (Å²) in [7, 11) is 1.80. The van der Waals surface area contributed by atoms with Gasteiger partial charge in [0.2, 0.25) is 0 Å². The first-order chi connectivity index (χ1) is 6.60. The molecule has 15 heavy (non-hydrogen) atoms. The zero-order chi connectivity index (χ0) is 11.0. The third kappa shape index (κ3) is 10.6. The van der Waals surface area contributed by atoms with Crippen molar-refractivity contribution in [2.45, 2.75) is 26.0 Å². The molecule has 1 unspecified atom stereocenters. The van der Waals surface area contributed by atoms with E-state index in [4.69, 9.17) is 0 Å². The Morgan fingerprint density at radius 2 is 1.73 bits per heavy atom. The van der Waals surface area contributed by atoms with Gasteiger partial charge in [-0.2, -0.15) is 11.8 Å². The van der Waals surface area contributed by atoms with Crippen LogP contribution in [0.5, 0.6) is 0 Å². The van der Waals surface area contributed by atoms with Crippen molar-refractivity contribution >= 4 is 41.7 Å². The van der Waals surface area contributed by atoms with Crippen LogP contribution in [0.2, 0.25) is 0 Å². The monoisotopic (exact) mass is 345 g/mol. The van der Waals surface area contributed by atoms with Crippen molar-refractivity contribution < 1.29 is 0 Å². The van der Waals surface area contributed by atoms with Gasteiger partial charge in [-0.25, -0.2) is 0 Å². The molecule has 0 fully saturated rings. The van der Waals surface area contributed by atoms with Crippen molar-refractivity contribution in [1.82, 2.24) is 10.6 Å². The predicted molar refractivity (Wildman–Crippen MR) is 82.6 cm³/mol. The van der Waals surface area contributed by atoms with E-state index in [9.17, 15) is 0 Å². The molecule has 0 saturated heterocycles. The fraction of sp³-hybridized carbons (Fsp3) is 0.900. The lowest BCUT2D eigenvalue weighted by Crippen LogP contribution is -2.41. The van der Waals surface area contributed by atoms with E-state index in [2.05, 4.69) is 42.7 Å². The minimum Gasteiger partial charge on any atom is -0.356 e. The number of hydrogen-bond acceptors (Lipinski definition) is 2. The van der Waals surface area contributed by atoms with Gasteiger partial charge in [-0.15, -0.1) is 24.0 Å². The summed E-state index contributed by atoms with van der Waals surface area (Å²) in [6, 6.07) is 0. The van der Waals surface area contributed by atoms with Crippen molar-refractivity contribution in [3.8, 4) is 0 Å². The van der Waals surface area contributed by atoms with Gasteiger partial charge in [0.05, 0.1) is 0 Å². The highest BCUT2D eigenvalue weighted by molar-refractivity contribution is 14.0. The molecule has 92 valence electrons. The minimum absolute atomic E-state index is 0. The van der Waals surface area contributed by atoms with Crippen LogP contribution in [0.15, 0.2) is 4.99 Å². The zero-order valence-corrected chi connectivity index (χ0v) is 13.5. The summed E-state index contributed by atoms with van der Waals surface area (Å²) in [5.41, 5.74) is 0. The SMILES string of the molecule is CN=C(NCC(C)C)NCC(C)SC.I. The number of nitrogens with zero attached hydrogens (tertiary/aromatic N) is 1. The highest BCUT2D eigenvalue weighted by atomic mass is 127. The van der Waals surface area contributed by atoms with Crippen LogP contribution in [0.3, 0.4) is 0 Å². The first kappa shape index (κ1) is 17.7. The van der Waals surface area contributed by atoms with E-state index in [-0.39, 0.29) is 24.0 Å². The maximum atomic E-state index is 4.15. The van der Waals surface area contributed by atoms with Gasteiger partial charge in [0, 0.05) is 25.4 Å². The number of thioether (sulfide) groups is 1. The minimum atomic E-state index is 0. The normalized spacial score (nSPS) is 13.3. The third-order valence-electron chi connectivity index (χ3n) is 1.86. The molecule has 0 radical (unpaired) electrons. The Morgan fingerprint density at radius 1 is 1.20 bits per heavy atom. The molecule has 0 amide bonds. The van der Waals surface area contributed by atoms with E-state index in [0.717, 1.165) is 19.0 Å². The number of halogens is 1. The van der Waals surface area contributed by atoms with Crippen LogP contribution in [-0.4, -0.2) is 37.6 Å². The second-order valence-corrected chi connectivity index (χ2v) is 5.05. The first-order valence-electron chi connectivity index (χ1n) is 5.07. The van der Waals surface area contributed by atoms with Crippen molar-refractivity contribution in [1.29, 1.82) is 0 Å². The number of aliphatic imine (C=N–C) groups is 1. The Kier molecular flexibility index (Phi) is 12.8. The maximum Gasteiger partial charge on any atom is 0.191 e. The van der Waals surface area contributed by atoms with Crippen molar-refractivity contribution in [3.63, 3.8) is 0 Å². The summed E-state index contributed by atoms with van der Waals surface area (Å²) >= 11 is 1.86. The lowest BCUT2D eigenvalue weighted by Gasteiger charge is -2.15. The van der Waals surface area contributed by atoms with Gasteiger partial charge in [-0.05, 0) is 12.2 Å². The first-order valence-corrected chi connectivity index (χ1v) is 6.36. The summed E-state index contributed by atoms with van der Waals surface area (Å²) in [6.07, 6.45) is 2.12. The fourth-order valence-electron chi connectivity index (χ4n) is 0.845. The molecular weight excluding hydrogens is 321 g/mol. The van der Waals surface area contributed by atoms with Crippen molar-refractivity contribution in [2.75, 3.05) is 26.4 Å². The molecule has 0 aromatic rings. The van der Waals surface area contributed by atoms with Crippen molar-refractivity contribution in [3.05, 3.63) is 0 Å². The molecule has 0 bridgehead atoms. The number of nitrogens with one attached hydrogen (secondary N) is 2. The number of guanidine groups is 1. The summed E-state index contributed by atoms with van der Waals surface area (Å²) in [4.78, 5) is 4.15. The number of hydrogen-bond donors (Lipinski definition) is 2. The van der Waals surface area contributed by atoms with Crippen molar-refractivity contribution in [2.24, 2.45) is 10.9 Å². The molecule has 0 heterocycles. The molecular formula is C10H24IN3S. The number of rotatable bonds is 5. The standard InChI is InChI=1S/C10H23N3S.HI/c1-8(2)6-12-10(11-4)13-7-9(3)14-5;/h8-9H,6-7H2,1-5H3,(H2,11,12,13);1H. The molecule has 5 heteroatoms. The molecule has 1 atom stereocenters. The van der Waals surface area contributed by atoms with Gasteiger partial charge >= 0.3 is 0 Å². The average molecular weight is 345 g/mol. The van der Waals surface area contributed by atoms with Gasteiger partial charge in [-0.1, -0.05) is 20.8 Å². The fourth-order valence-corrected chi connectivity index (χ4v) is 1.10. The summed E-state index contributed by atoms with van der Waals surface area (Å²) in [5.74, 6) is 1.55. The maximum absolute atomic E-state index is 4.15. The van der Waals surface area contributed by atoms with Crippen LogP contribution >= 0.6 is 35.7 Å². The van der Waals surface area contributed by atoms with Crippen LogP contribution in [0.1, 0.15) is 20.8 Å². The average Bonchev–Trinajstić information content (AvgIpc) is 2.17. The van der Waals surface area contributed by atoms with Gasteiger partial charge in [0.25, 0.3) is 0 Å². The lowest BCUT2D eigenvalue weighted by molar-refractivity contribution is 0.614. The van der Waals surface area contributed by atoms with Gasteiger partial charge in [0.1, 0.15) is 0 Å². The predicted octanol–water partition coefficient (Wildman–Crippen LogP) is 2.18. The summed E-state index contributed by atoms with van der Waals surface area (Å²) in [5, 5.41) is 7.19. The van der Waals surface area contributed by atoms with Crippen LogP contribution in [0, 0.1) is 5.92 Å². The largest absolute Gasteiger partial charge is 0.356 e. The van der Waals surface area contributed by atoms with E-state index in [1.807, 2.05) is 11.8 Å². The Balaban J connectivity index is 0. The lowest BCUT2D eigenvalue weighted by atomic mass is 10.2. The topological polar surface area (TPSA) is 36.4 Å². The summed E-state index contributed by atoms with van der Waals surface area (Å²) in [6.45, 7) is 8.50. The molecule has 3 nitrogen and oxygen atoms in total. The van der Waals surface area contributed by atoms with Crippen LogP contribution in [-0.2, 0) is 0 Å². The second-order valence-electron chi connectivity index (χ2n) is 3.77. The van der Waals surface area contributed by atoms with Crippen LogP contribution < -0.4 is 10.6 Å². The third-order valence-corrected chi connectivity index (χ3v) is 2.83. The quantitative estimate of drug-likeness (QED) is 0.456. The van der Waals surface area contributed by atoms with E-state index in [1.54, 1.807) is 7.05 Å². The zero-order valence-electron chi connectivity index (χ0n) is 10.3. The Labute approximate surface area is 115 Å².